The quantitative estimate of drug-likeness (QED) is 0.763. The van der Waals surface area contributed by atoms with Gasteiger partial charge in [0.05, 0.1) is 17.1 Å². The van der Waals surface area contributed by atoms with E-state index in [0.717, 1.165) is 25.7 Å². The van der Waals surface area contributed by atoms with Crippen LogP contribution in [-0.4, -0.2) is 27.2 Å². The van der Waals surface area contributed by atoms with E-state index in [4.69, 9.17) is 21.4 Å². The van der Waals surface area contributed by atoms with Crippen molar-refractivity contribution < 1.29 is 27.0 Å². The monoisotopic (exact) mass is 430 g/mol. The van der Waals surface area contributed by atoms with E-state index in [2.05, 4.69) is 0 Å². The molecule has 0 bridgehead atoms. The van der Waals surface area contributed by atoms with Crippen molar-refractivity contribution in [3.8, 4) is 5.75 Å². The zero-order valence-electron chi connectivity index (χ0n) is 15.3. The van der Waals surface area contributed by atoms with Crippen LogP contribution in [0.15, 0.2) is 41.3 Å². The van der Waals surface area contributed by atoms with Gasteiger partial charge in [0.15, 0.2) is 21.4 Å². The highest BCUT2D eigenvalue weighted by molar-refractivity contribution is 7.92. The Morgan fingerprint density at radius 2 is 1.71 bits per heavy atom. The van der Waals surface area contributed by atoms with Gasteiger partial charge in [0.2, 0.25) is 0 Å². The van der Waals surface area contributed by atoms with E-state index in [1.807, 2.05) is 0 Å². The van der Waals surface area contributed by atoms with Crippen LogP contribution in [0.5, 0.6) is 5.75 Å². The zero-order chi connectivity index (χ0) is 20.5. The first-order valence-corrected chi connectivity index (χ1v) is 10.8. The minimum atomic E-state index is -4.00. The van der Waals surface area contributed by atoms with Gasteiger partial charge in [-0.25, -0.2) is 17.2 Å². The summed E-state index contributed by atoms with van der Waals surface area (Å²) in [6.45, 7) is 0.0557. The second-order valence-corrected chi connectivity index (χ2v) is 9.48. The molecule has 0 radical (unpaired) electrons. The number of hydrogen-bond acceptors (Lipinski definition) is 4. The molecule has 1 heterocycles. The van der Waals surface area contributed by atoms with Crippen molar-refractivity contribution in [3.63, 3.8) is 0 Å². The molecule has 1 aliphatic carbocycles. The summed E-state index contributed by atoms with van der Waals surface area (Å²) in [5.74, 6) is -2.19. The Morgan fingerprint density at radius 1 is 1.07 bits per heavy atom. The number of fused-ring (bicyclic) bond motifs is 3. The lowest BCUT2D eigenvalue weighted by Gasteiger charge is -2.47. The molecule has 4 rings (SSSR count). The van der Waals surface area contributed by atoms with Gasteiger partial charge in [-0.2, -0.15) is 0 Å². The lowest BCUT2D eigenvalue weighted by Crippen LogP contribution is -2.50. The molecule has 8 heteroatoms. The lowest BCUT2D eigenvalue weighted by molar-refractivity contribution is 0.124. The Morgan fingerprint density at radius 3 is 2.39 bits per heavy atom. The Kier molecular flexibility index (Phi) is 5.98. The molecule has 2 atom stereocenters. The maximum atomic E-state index is 14.8. The molecule has 1 fully saturated rings. The minimum absolute atomic E-state index is 0.0557. The first kappa shape index (κ1) is 21.0. The normalized spacial score (nSPS) is 23.5. The fourth-order valence-corrected chi connectivity index (χ4v) is 6.87. The second-order valence-electron chi connectivity index (χ2n) is 6.83. The van der Waals surface area contributed by atoms with Gasteiger partial charge >= 0.3 is 0 Å². The predicted molar refractivity (Wildman–Crippen MR) is 102 cm³/mol. The molecule has 0 unspecified atom stereocenters. The summed E-state index contributed by atoms with van der Waals surface area (Å²) in [5, 5.41) is 7.41. The van der Waals surface area contributed by atoms with Crippen LogP contribution in [0.1, 0.15) is 31.2 Å². The predicted octanol–water partition coefficient (Wildman–Crippen LogP) is 4.48. The topological polar surface area (TPSA) is 63.6 Å². The third-order valence-electron chi connectivity index (χ3n) is 5.52. The van der Waals surface area contributed by atoms with Crippen molar-refractivity contribution in [3.05, 3.63) is 58.6 Å². The molecular formula is C20H21ClF2O4S. The Labute approximate surface area is 168 Å². The van der Waals surface area contributed by atoms with Crippen LogP contribution < -0.4 is 4.74 Å². The summed E-state index contributed by atoms with van der Waals surface area (Å²) >= 11 is 5.89. The average molecular weight is 431 g/mol. The van der Waals surface area contributed by atoms with E-state index in [9.17, 15) is 17.2 Å². The van der Waals surface area contributed by atoms with E-state index in [-0.39, 0.29) is 29.2 Å². The molecule has 2 aliphatic rings. The summed E-state index contributed by atoms with van der Waals surface area (Å²) in [6, 6.07) is 7.78. The van der Waals surface area contributed by atoms with Crippen LogP contribution in [0.3, 0.4) is 0 Å². The summed E-state index contributed by atoms with van der Waals surface area (Å²) < 4.78 is 60.5. The highest BCUT2D eigenvalue weighted by Gasteiger charge is 2.58. The van der Waals surface area contributed by atoms with Gasteiger partial charge in [-0.05, 0) is 49.2 Å². The molecule has 0 amide bonds. The molecule has 1 saturated carbocycles. The number of ether oxygens (including phenoxy) is 1. The maximum Gasteiger partial charge on any atom is 0.188 e. The van der Waals surface area contributed by atoms with Crippen molar-refractivity contribution in [2.75, 3.05) is 13.7 Å². The van der Waals surface area contributed by atoms with Crippen molar-refractivity contribution >= 4 is 21.4 Å². The highest BCUT2D eigenvalue weighted by Crippen LogP contribution is 2.56. The van der Waals surface area contributed by atoms with E-state index < -0.39 is 32.1 Å². The molecule has 1 aliphatic heterocycles. The number of sulfone groups is 1. The van der Waals surface area contributed by atoms with E-state index in [0.29, 0.717) is 17.9 Å². The van der Waals surface area contributed by atoms with Crippen molar-refractivity contribution in [1.29, 1.82) is 0 Å². The molecule has 4 nitrogen and oxygen atoms in total. The van der Waals surface area contributed by atoms with Crippen molar-refractivity contribution in [1.82, 2.24) is 0 Å². The standard InChI is InChI=1S/C19H17ClF2O3S.CH4O/c20-13-4-6-14(7-5-13)26(23,24)19-10-2-1-3-12(19)11-25-18-16(22)9-8-15(21)17(18)19;1-2/h4-9,12H,1-3,10-11H2;2H,1H3/t12-,19+;/m1./s1. The summed E-state index contributed by atoms with van der Waals surface area (Å²) in [6.07, 6.45) is 2.28. The van der Waals surface area contributed by atoms with Gasteiger partial charge in [0.25, 0.3) is 0 Å². The number of aliphatic hydroxyl groups is 1. The number of hydrogen-bond donors (Lipinski definition) is 1. The number of benzene rings is 2. The van der Waals surface area contributed by atoms with E-state index in [1.54, 1.807) is 0 Å². The largest absolute Gasteiger partial charge is 0.490 e. The van der Waals surface area contributed by atoms with Gasteiger partial charge in [-0.3, -0.25) is 0 Å². The minimum Gasteiger partial charge on any atom is -0.490 e. The molecular weight excluding hydrogens is 410 g/mol. The lowest BCUT2D eigenvalue weighted by atomic mass is 9.73. The van der Waals surface area contributed by atoms with Crippen LogP contribution in [0.4, 0.5) is 8.78 Å². The molecule has 0 spiro atoms. The number of halogens is 3. The van der Waals surface area contributed by atoms with Gasteiger partial charge in [-0.15, -0.1) is 0 Å². The highest BCUT2D eigenvalue weighted by atomic mass is 35.5. The van der Waals surface area contributed by atoms with E-state index in [1.165, 1.54) is 24.3 Å². The van der Waals surface area contributed by atoms with Crippen molar-refractivity contribution in [2.45, 2.75) is 35.3 Å². The maximum absolute atomic E-state index is 14.8. The third kappa shape index (κ3) is 3.09. The van der Waals surface area contributed by atoms with Gasteiger partial charge in [0.1, 0.15) is 10.6 Å². The number of rotatable bonds is 2. The van der Waals surface area contributed by atoms with Gasteiger partial charge in [0, 0.05) is 18.1 Å². The van der Waals surface area contributed by atoms with Crippen LogP contribution in [0.25, 0.3) is 0 Å². The SMILES string of the molecule is CO.O=S(=O)(c1ccc(Cl)cc1)[C@@]12CCCC[C@@H]1COc1c(F)ccc(F)c12. The number of aliphatic hydroxyl groups excluding tert-OH is 1. The second kappa shape index (κ2) is 7.97. The van der Waals surface area contributed by atoms with Gasteiger partial charge < -0.3 is 9.84 Å². The molecule has 1 N–H and O–H groups in total. The molecule has 28 heavy (non-hydrogen) atoms. The molecule has 2 aromatic carbocycles. The summed E-state index contributed by atoms with van der Waals surface area (Å²) in [5.41, 5.74) is -0.164. The van der Waals surface area contributed by atoms with Crippen LogP contribution >= 0.6 is 11.6 Å². The summed E-state index contributed by atoms with van der Waals surface area (Å²) in [4.78, 5) is 0.0605. The zero-order valence-corrected chi connectivity index (χ0v) is 16.9. The van der Waals surface area contributed by atoms with E-state index >= 15 is 0 Å². The molecule has 0 aromatic heterocycles. The Hall–Kier alpha value is -1.70. The smallest absolute Gasteiger partial charge is 0.188 e. The van der Waals surface area contributed by atoms with Crippen LogP contribution in [0.2, 0.25) is 5.02 Å². The molecule has 152 valence electrons. The Balaban J connectivity index is 0.00000109. The van der Waals surface area contributed by atoms with Crippen LogP contribution in [-0.2, 0) is 14.6 Å². The fraction of sp³-hybridized carbons (Fsp3) is 0.400. The third-order valence-corrected chi connectivity index (χ3v) is 8.37. The van der Waals surface area contributed by atoms with Crippen LogP contribution in [0, 0.1) is 17.6 Å². The average Bonchev–Trinajstić information content (AvgIpc) is 2.72. The van der Waals surface area contributed by atoms with Crippen molar-refractivity contribution in [2.24, 2.45) is 5.92 Å². The molecule has 2 aromatic rings. The molecule has 0 saturated heterocycles. The summed E-state index contributed by atoms with van der Waals surface area (Å²) in [7, 11) is -3.00. The van der Waals surface area contributed by atoms with Gasteiger partial charge in [-0.1, -0.05) is 24.4 Å². The first-order chi connectivity index (χ1) is 13.4. The Bertz CT molecular complexity index is 963. The first-order valence-electron chi connectivity index (χ1n) is 8.94. The fourth-order valence-electron chi connectivity index (χ4n) is 4.33.